The molecule has 0 bridgehead atoms. The molecular weight excluding hydrogens is 191 g/mol. The first-order valence-electron chi connectivity index (χ1n) is 1.62. The van der Waals surface area contributed by atoms with Crippen LogP contribution < -0.4 is 29.6 Å². The van der Waals surface area contributed by atoms with Crippen LogP contribution in [0.25, 0.3) is 0 Å². The largest absolute Gasteiger partial charge is 1.00 e. The molecule has 0 fully saturated rings. The van der Waals surface area contributed by atoms with Crippen LogP contribution in [0.3, 0.4) is 0 Å². The van der Waals surface area contributed by atoms with Crippen molar-refractivity contribution in [3.05, 3.63) is 0 Å². The Morgan fingerprint density at radius 3 is 1.09 bits per heavy atom. The maximum absolute atomic E-state index is 9.10. The molecule has 0 aliphatic rings. The summed E-state index contributed by atoms with van der Waals surface area (Å²) >= 11 is 0. The number of rotatable bonds is 0. The number of hydrogen-bond acceptors (Lipinski definition) is 5. The van der Waals surface area contributed by atoms with E-state index in [0.717, 1.165) is 0 Å². The van der Waals surface area contributed by atoms with E-state index in [1.807, 2.05) is 0 Å². The van der Waals surface area contributed by atoms with Crippen LogP contribution in [0.1, 0.15) is 0 Å². The van der Waals surface area contributed by atoms with Crippen molar-refractivity contribution in [2.75, 3.05) is 0 Å². The molecule has 0 atom stereocenters. The molecule has 3 N–H and O–H groups in total. The van der Waals surface area contributed by atoms with E-state index < -0.39 is 22.9 Å². The van der Waals surface area contributed by atoms with Crippen LogP contribution in [-0.2, 0) is 29.0 Å². The van der Waals surface area contributed by atoms with E-state index in [9.17, 15) is 0 Å². The Hall–Kier alpha value is -0.150. The second-order valence-corrected chi connectivity index (χ2v) is 1.26. The first kappa shape index (κ1) is 17.1. The fourth-order valence-corrected chi connectivity index (χ4v) is 0. The van der Waals surface area contributed by atoms with Gasteiger partial charge < -0.3 is 23.2 Å². The molecule has 11 heavy (non-hydrogen) atoms. The smallest absolute Gasteiger partial charge is 0.473 e. The van der Waals surface area contributed by atoms with Gasteiger partial charge in [-0.2, -0.15) is 0 Å². The van der Waals surface area contributed by atoms with Crippen LogP contribution in [0.4, 0.5) is 0 Å². The van der Waals surface area contributed by atoms with Gasteiger partial charge in [-0.3, -0.25) is 0 Å². The van der Waals surface area contributed by atoms with Crippen LogP contribution in [0.15, 0.2) is 0 Å². The quantitative estimate of drug-likeness (QED) is 0.117. The number of carbonyl (C=O) groups is 2. The van der Waals surface area contributed by atoms with E-state index >= 15 is 0 Å². The first-order valence-corrected chi connectivity index (χ1v) is 2.65. The second-order valence-electron chi connectivity index (χ2n) is 0.827. The fourth-order valence-electron chi connectivity index (χ4n) is 0. The van der Waals surface area contributed by atoms with Crippen LogP contribution in [0.5, 0.6) is 0 Å². The van der Waals surface area contributed by atoms with Crippen molar-refractivity contribution < 1.29 is 62.3 Å². The molecule has 0 aliphatic heterocycles. The van der Waals surface area contributed by atoms with E-state index in [4.69, 9.17) is 32.8 Å². The minimum atomic E-state index is -2.86. The van der Waals surface area contributed by atoms with Crippen LogP contribution in [-0.4, -0.2) is 26.7 Å². The number of carboxylic acids is 2. The zero-order valence-electron chi connectivity index (χ0n) is 5.38. The summed E-state index contributed by atoms with van der Waals surface area (Å²) in [6.07, 6.45) is 0. The topological polar surface area (TPSA) is 129 Å². The number of aliphatic carboxylic acids is 2. The standard InChI is InChI=1S/C2H2O4.Na.HO3S/c3-1(4)2(5)6;;1-4(2)3/h(H,3,4)(H,5,6);;(H,1,2,3)/q;+1;-1. The van der Waals surface area contributed by atoms with Crippen molar-refractivity contribution in [3.63, 3.8) is 0 Å². The molecule has 0 amide bonds. The first-order chi connectivity index (χ1) is 4.37. The van der Waals surface area contributed by atoms with Crippen molar-refractivity contribution in [2.24, 2.45) is 0 Å². The third kappa shape index (κ3) is 41.0. The molecule has 0 aromatic heterocycles. The van der Waals surface area contributed by atoms with Gasteiger partial charge in [0.05, 0.1) is 0 Å². The molecule has 0 rings (SSSR count). The van der Waals surface area contributed by atoms with Crippen molar-refractivity contribution in [1.29, 1.82) is 0 Å². The predicted octanol–water partition coefficient (Wildman–Crippen LogP) is -4.07. The Balaban J connectivity index is -0.000000114. The van der Waals surface area contributed by atoms with E-state index in [2.05, 4.69) is 0 Å². The van der Waals surface area contributed by atoms with Gasteiger partial charge in [0.25, 0.3) is 0 Å². The molecule has 0 aromatic rings. The Bertz CT molecular complexity index is 175. The van der Waals surface area contributed by atoms with Gasteiger partial charge in [-0.05, 0) is 0 Å². The average Bonchev–Trinajstić information content (AvgIpc) is 1.63. The van der Waals surface area contributed by atoms with Crippen LogP contribution >= 0.6 is 0 Å². The van der Waals surface area contributed by atoms with Crippen molar-refractivity contribution in [2.45, 2.75) is 0 Å². The van der Waals surface area contributed by atoms with Gasteiger partial charge in [0.2, 0.25) is 0 Å². The molecule has 9 heteroatoms. The van der Waals surface area contributed by atoms with E-state index in [1.54, 1.807) is 0 Å². The molecule has 7 nitrogen and oxygen atoms in total. The molecule has 0 saturated heterocycles. The van der Waals surface area contributed by atoms with E-state index in [0.29, 0.717) is 0 Å². The Morgan fingerprint density at radius 2 is 1.09 bits per heavy atom. The number of hydrogen-bond donors (Lipinski definition) is 3. The number of carboxylic acid groups (broad SMARTS) is 2. The van der Waals surface area contributed by atoms with Crippen LogP contribution in [0.2, 0.25) is 0 Å². The monoisotopic (exact) mass is 194 g/mol. The van der Waals surface area contributed by atoms with Crippen molar-refractivity contribution >= 4 is 22.9 Å². The second kappa shape index (κ2) is 9.85. The average molecular weight is 194 g/mol. The third-order valence-corrected chi connectivity index (χ3v) is 0.183. The van der Waals surface area contributed by atoms with Gasteiger partial charge in [0.15, 0.2) is 0 Å². The zero-order chi connectivity index (χ0) is 8.73. The van der Waals surface area contributed by atoms with Gasteiger partial charge in [-0.25, -0.2) is 9.59 Å². The minimum absolute atomic E-state index is 0. The molecule has 0 heterocycles. The SMILES string of the molecule is O=C(O)C(=O)O.O=[S-](=O)O.[Na+]. The third-order valence-electron chi connectivity index (χ3n) is 0.183. The molecule has 0 radical (unpaired) electrons. The Labute approximate surface area is 85.1 Å². The summed E-state index contributed by atoms with van der Waals surface area (Å²) in [5.74, 6) is -3.65. The normalized spacial score (nSPS) is 7.09. The predicted molar refractivity (Wildman–Crippen MR) is 26.6 cm³/mol. The minimum Gasteiger partial charge on any atom is -0.473 e. The molecule has 0 aromatic carbocycles. The molecule has 0 unspecified atom stereocenters. The Kier molecular flexibility index (Phi) is 15.3. The summed E-state index contributed by atoms with van der Waals surface area (Å²) in [6, 6.07) is 0. The summed E-state index contributed by atoms with van der Waals surface area (Å²) in [6.45, 7) is 0. The van der Waals surface area contributed by atoms with Gasteiger partial charge in [0.1, 0.15) is 0 Å². The maximum Gasteiger partial charge on any atom is 1.00 e. The van der Waals surface area contributed by atoms with E-state index in [1.165, 1.54) is 0 Å². The summed E-state index contributed by atoms with van der Waals surface area (Å²) in [7, 11) is -2.86. The van der Waals surface area contributed by atoms with Gasteiger partial charge in [-0.15, -0.1) is 0 Å². The zero-order valence-corrected chi connectivity index (χ0v) is 8.20. The van der Waals surface area contributed by atoms with Crippen molar-refractivity contribution in [1.82, 2.24) is 0 Å². The summed E-state index contributed by atoms with van der Waals surface area (Å²) in [5.41, 5.74) is 0. The molecule has 60 valence electrons. The van der Waals surface area contributed by atoms with Crippen LogP contribution in [0, 0.1) is 0 Å². The van der Waals surface area contributed by atoms with Gasteiger partial charge in [-0.1, -0.05) is 0 Å². The molecular formula is C2H3NaO7S. The Morgan fingerprint density at radius 1 is 1.00 bits per heavy atom. The molecule has 0 spiro atoms. The summed E-state index contributed by atoms with van der Waals surface area (Å²) in [5, 5.41) is 14.8. The molecule has 0 aliphatic carbocycles. The summed E-state index contributed by atoms with van der Waals surface area (Å²) < 4.78 is 24.1. The van der Waals surface area contributed by atoms with E-state index in [-0.39, 0.29) is 29.6 Å². The molecule has 0 saturated carbocycles. The summed E-state index contributed by atoms with van der Waals surface area (Å²) in [4.78, 5) is 18.2. The maximum atomic E-state index is 9.10. The fraction of sp³-hybridized carbons (Fsp3) is 0. The van der Waals surface area contributed by atoms with Crippen molar-refractivity contribution in [3.8, 4) is 0 Å². The van der Waals surface area contributed by atoms with Gasteiger partial charge >= 0.3 is 41.5 Å². The van der Waals surface area contributed by atoms with Gasteiger partial charge in [0, 0.05) is 11.0 Å².